The lowest BCUT2D eigenvalue weighted by Gasteiger charge is -2.15. The first-order valence-electron chi connectivity index (χ1n) is 7.28. The number of rotatable bonds is 7. The summed E-state index contributed by atoms with van der Waals surface area (Å²) in [6.07, 6.45) is 2.77. The van der Waals surface area contributed by atoms with Gasteiger partial charge in [0.05, 0.1) is 19.0 Å². The first-order valence-corrected chi connectivity index (χ1v) is 7.28. The van der Waals surface area contributed by atoms with Crippen LogP contribution in [0.2, 0.25) is 0 Å². The van der Waals surface area contributed by atoms with Crippen molar-refractivity contribution in [2.75, 3.05) is 13.7 Å². The molecule has 1 aromatic heterocycles. The molecule has 4 heteroatoms. The molecule has 0 spiro atoms. The van der Waals surface area contributed by atoms with Gasteiger partial charge < -0.3 is 14.8 Å². The fourth-order valence-corrected chi connectivity index (χ4v) is 2.16. The molecule has 4 nitrogen and oxygen atoms in total. The second-order valence-corrected chi connectivity index (χ2v) is 4.72. The van der Waals surface area contributed by atoms with Gasteiger partial charge in [0.15, 0.2) is 0 Å². The summed E-state index contributed by atoms with van der Waals surface area (Å²) in [4.78, 5) is 4.49. The third-order valence-electron chi connectivity index (χ3n) is 3.25. The highest BCUT2D eigenvalue weighted by Crippen LogP contribution is 2.25. The number of hydrogen-bond donors (Lipinski definition) is 1. The van der Waals surface area contributed by atoms with Gasteiger partial charge in [-0.15, -0.1) is 0 Å². The van der Waals surface area contributed by atoms with Gasteiger partial charge in [-0.3, -0.25) is 4.98 Å². The van der Waals surface area contributed by atoms with Crippen molar-refractivity contribution in [3.05, 3.63) is 48.3 Å². The summed E-state index contributed by atoms with van der Waals surface area (Å²) in [5.74, 6) is 2.23. The lowest BCUT2D eigenvalue weighted by molar-refractivity contribution is 0.409. The molecule has 112 valence electrons. The van der Waals surface area contributed by atoms with Crippen LogP contribution in [0.25, 0.3) is 0 Å². The molecule has 21 heavy (non-hydrogen) atoms. The molecule has 0 aliphatic heterocycles. The Balaban J connectivity index is 2.08. The van der Waals surface area contributed by atoms with E-state index in [1.165, 1.54) is 0 Å². The summed E-state index contributed by atoms with van der Waals surface area (Å²) in [5, 5.41) is 3.41. The highest BCUT2D eigenvalue weighted by atomic mass is 16.5. The average Bonchev–Trinajstić information content (AvgIpc) is 2.54. The van der Waals surface area contributed by atoms with Crippen LogP contribution in [0.1, 0.15) is 32.0 Å². The third-order valence-corrected chi connectivity index (χ3v) is 3.25. The van der Waals surface area contributed by atoms with Crippen molar-refractivity contribution in [1.29, 1.82) is 0 Å². The van der Waals surface area contributed by atoms with E-state index in [0.717, 1.165) is 35.9 Å². The van der Waals surface area contributed by atoms with E-state index in [-0.39, 0.29) is 0 Å². The maximum atomic E-state index is 5.79. The van der Waals surface area contributed by atoms with Crippen LogP contribution in [0.5, 0.6) is 17.2 Å². The van der Waals surface area contributed by atoms with Gasteiger partial charge in [-0.1, -0.05) is 19.9 Å². The number of hydrogen-bond acceptors (Lipinski definition) is 4. The average molecular weight is 286 g/mol. The zero-order chi connectivity index (χ0) is 15.1. The third kappa shape index (κ3) is 4.20. The van der Waals surface area contributed by atoms with Crippen molar-refractivity contribution in [3.63, 3.8) is 0 Å². The van der Waals surface area contributed by atoms with E-state index in [9.17, 15) is 0 Å². The molecule has 1 unspecified atom stereocenters. The van der Waals surface area contributed by atoms with Gasteiger partial charge in [-0.05, 0) is 37.2 Å². The first kappa shape index (κ1) is 15.3. The monoisotopic (exact) mass is 286 g/mol. The molecule has 1 atom stereocenters. The van der Waals surface area contributed by atoms with Gasteiger partial charge in [0.2, 0.25) is 0 Å². The highest BCUT2D eigenvalue weighted by molar-refractivity contribution is 5.36. The minimum Gasteiger partial charge on any atom is -0.497 e. The van der Waals surface area contributed by atoms with Crippen LogP contribution in [0.3, 0.4) is 0 Å². The molecule has 0 bridgehead atoms. The largest absolute Gasteiger partial charge is 0.497 e. The fourth-order valence-electron chi connectivity index (χ4n) is 2.16. The number of nitrogens with zero attached hydrogens (tertiary/aromatic N) is 1. The number of methoxy groups -OCH3 is 1. The number of benzene rings is 1. The van der Waals surface area contributed by atoms with Gasteiger partial charge in [0, 0.05) is 12.1 Å². The summed E-state index contributed by atoms with van der Waals surface area (Å²) >= 11 is 0. The van der Waals surface area contributed by atoms with Crippen molar-refractivity contribution in [2.45, 2.75) is 26.3 Å². The highest BCUT2D eigenvalue weighted by Gasteiger charge is 2.09. The van der Waals surface area contributed by atoms with Crippen LogP contribution in [-0.2, 0) is 0 Å². The van der Waals surface area contributed by atoms with Gasteiger partial charge in [-0.25, -0.2) is 0 Å². The van der Waals surface area contributed by atoms with E-state index in [0.29, 0.717) is 6.04 Å². The summed E-state index contributed by atoms with van der Waals surface area (Å²) in [6, 6.07) is 11.8. The van der Waals surface area contributed by atoms with Gasteiger partial charge in [-0.2, -0.15) is 0 Å². The predicted octanol–water partition coefficient (Wildman–Crippen LogP) is 3.94. The molecule has 0 radical (unpaired) electrons. The smallest absolute Gasteiger partial charge is 0.145 e. The fraction of sp³-hybridized carbons (Fsp3) is 0.353. The minimum absolute atomic E-state index is 0.292. The van der Waals surface area contributed by atoms with E-state index in [4.69, 9.17) is 9.47 Å². The zero-order valence-corrected chi connectivity index (χ0v) is 12.8. The molecule has 0 aliphatic rings. The standard InChI is InChI=1S/C17H22N2O2/c1-4-16(18-5-2)17-10-9-15(12-19-17)21-14-8-6-7-13(11-14)20-3/h6-12,16,18H,4-5H2,1-3H3. The van der Waals surface area contributed by atoms with Crippen LogP contribution < -0.4 is 14.8 Å². The van der Waals surface area contributed by atoms with E-state index in [2.05, 4.69) is 24.1 Å². The molecular weight excluding hydrogens is 264 g/mol. The Bertz CT molecular complexity index is 555. The Kier molecular flexibility index (Phi) is 5.58. The lowest BCUT2D eigenvalue weighted by Crippen LogP contribution is -2.20. The number of aromatic nitrogens is 1. The minimum atomic E-state index is 0.292. The molecule has 1 N–H and O–H groups in total. The van der Waals surface area contributed by atoms with Crippen molar-refractivity contribution in [2.24, 2.45) is 0 Å². The van der Waals surface area contributed by atoms with Crippen LogP contribution in [0.4, 0.5) is 0 Å². The molecule has 0 saturated heterocycles. The van der Waals surface area contributed by atoms with Crippen LogP contribution in [-0.4, -0.2) is 18.6 Å². The van der Waals surface area contributed by atoms with Gasteiger partial charge >= 0.3 is 0 Å². The van der Waals surface area contributed by atoms with Crippen molar-refractivity contribution in [3.8, 4) is 17.2 Å². The normalized spacial score (nSPS) is 12.0. The van der Waals surface area contributed by atoms with E-state index >= 15 is 0 Å². The second-order valence-electron chi connectivity index (χ2n) is 4.72. The van der Waals surface area contributed by atoms with Crippen LogP contribution >= 0.6 is 0 Å². The Morgan fingerprint density at radius 3 is 2.52 bits per heavy atom. The maximum absolute atomic E-state index is 5.79. The Labute approximate surface area is 126 Å². The zero-order valence-electron chi connectivity index (χ0n) is 12.8. The Morgan fingerprint density at radius 2 is 1.90 bits per heavy atom. The van der Waals surface area contributed by atoms with Crippen molar-refractivity contribution < 1.29 is 9.47 Å². The summed E-state index contributed by atoms with van der Waals surface area (Å²) < 4.78 is 11.0. The molecule has 2 rings (SSSR count). The summed E-state index contributed by atoms with van der Waals surface area (Å²) in [5.41, 5.74) is 1.04. The van der Waals surface area contributed by atoms with E-state index in [1.807, 2.05) is 36.4 Å². The summed E-state index contributed by atoms with van der Waals surface area (Å²) in [7, 11) is 1.64. The molecule has 0 aliphatic carbocycles. The second kappa shape index (κ2) is 7.64. The first-order chi connectivity index (χ1) is 10.3. The van der Waals surface area contributed by atoms with Crippen LogP contribution in [0, 0.1) is 0 Å². The molecule has 1 heterocycles. The maximum Gasteiger partial charge on any atom is 0.145 e. The topological polar surface area (TPSA) is 43.4 Å². The SMILES string of the molecule is CCNC(CC)c1ccc(Oc2cccc(OC)c2)cn1. The molecular formula is C17H22N2O2. The van der Waals surface area contributed by atoms with Crippen LogP contribution in [0.15, 0.2) is 42.6 Å². The number of pyridine rings is 1. The van der Waals surface area contributed by atoms with Gasteiger partial charge in [0.25, 0.3) is 0 Å². The number of ether oxygens (including phenoxy) is 2. The lowest BCUT2D eigenvalue weighted by atomic mass is 10.1. The van der Waals surface area contributed by atoms with E-state index < -0.39 is 0 Å². The summed E-state index contributed by atoms with van der Waals surface area (Å²) in [6.45, 7) is 5.18. The molecule has 2 aromatic rings. The van der Waals surface area contributed by atoms with Crippen molar-refractivity contribution in [1.82, 2.24) is 10.3 Å². The predicted molar refractivity (Wildman–Crippen MR) is 84.0 cm³/mol. The Morgan fingerprint density at radius 1 is 1.10 bits per heavy atom. The molecule has 0 saturated carbocycles. The molecule has 0 fully saturated rings. The van der Waals surface area contributed by atoms with Gasteiger partial charge in [0.1, 0.15) is 17.2 Å². The molecule has 0 amide bonds. The quantitative estimate of drug-likeness (QED) is 0.837. The Hall–Kier alpha value is -2.07. The van der Waals surface area contributed by atoms with E-state index in [1.54, 1.807) is 13.3 Å². The van der Waals surface area contributed by atoms with Crippen molar-refractivity contribution >= 4 is 0 Å². The number of nitrogens with one attached hydrogen (secondary N) is 1. The molecule has 1 aromatic carbocycles.